The highest BCUT2D eigenvalue weighted by molar-refractivity contribution is 7.90. The quantitative estimate of drug-likeness (QED) is 0.630. The van der Waals surface area contributed by atoms with Crippen LogP contribution in [0.3, 0.4) is 0 Å². The molecule has 1 aromatic rings. The molecule has 1 fully saturated rings. The van der Waals surface area contributed by atoms with Crippen LogP contribution in [0.2, 0.25) is 0 Å². The number of non-ortho nitro benzene ring substituents is 1. The molecule has 1 saturated heterocycles. The number of benzene rings is 1. The van der Waals surface area contributed by atoms with Gasteiger partial charge in [0, 0.05) is 30.5 Å². The summed E-state index contributed by atoms with van der Waals surface area (Å²) < 4.78 is 23.4. The lowest BCUT2D eigenvalue weighted by atomic mass is 10.0. The molecule has 1 N–H and O–H groups in total. The average molecular weight is 356 g/mol. The maximum atomic E-state index is 12.6. The molecule has 10 heteroatoms. The number of aliphatic carboxylic acids is 1. The third-order valence-corrected chi connectivity index (χ3v) is 4.92. The van der Waals surface area contributed by atoms with Crippen molar-refractivity contribution in [2.24, 2.45) is 0 Å². The molecule has 24 heavy (non-hydrogen) atoms. The van der Waals surface area contributed by atoms with Gasteiger partial charge in [-0.25, -0.2) is 13.2 Å². The summed E-state index contributed by atoms with van der Waals surface area (Å²) in [5.74, 6) is -1.88. The normalized spacial score (nSPS) is 18.2. The first-order chi connectivity index (χ1) is 11.1. The zero-order valence-corrected chi connectivity index (χ0v) is 13.7. The number of likely N-dealkylation sites (tertiary alicyclic amines) is 1. The van der Waals surface area contributed by atoms with Crippen LogP contribution >= 0.6 is 0 Å². The van der Waals surface area contributed by atoms with Crippen LogP contribution in [0.5, 0.6) is 0 Å². The molecule has 0 aromatic heterocycles. The van der Waals surface area contributed by atoms with Crippen molar-refractivity contribution >= 4 is 27.4 Å². The predicted octanol–water partition coefficient (Wildman–Crippen LogP) is 1.08. The van der Waals surface area contributed by atoms with E-state index in [-0.39, 0.29) is 23.4 Å². The standard InChI is InChI=1S/C14H16N2O7S/c1-24(22,23)11-7-9(6-10(8-11)16(20)21)13(17)15-5-3-2-4-12(15)14(18)19/h6-8,12H,2-5H2,1H3,(H,18,19)/t12-/m1/s1. The van der Waals surface area contributed by atoms with E-state index in [2.05, 4.69) is 0 Å². The summed E-state index contributed by atoms with van der Waals surface area (Å²) in [4.78, 5) is 34.9. The molecule has 1 aliphatic heterocycles. The van der Waals surface area contributed by atoms with Crippen molar-refractivity contribution in [3.8, 4) is 0 Å². The first kappa shape index (κ1) is 17.9. The third kappa shape index (κ3) is 3.70. The van der Waals surface area contributed by atoms with Crippen molar-refractivity contribution in [1.29, 1.82) is 0 Å². The van der Waals surface area contributed by atoms with E-state index >= 15 is 0 Å². The number of nitrogens with zero attached hydrogens (tertiary/aromatic N) is 2. The molecule has 0 saturated carbocycles. The van der Waals surface area contributed by atoms with Crippen LogP contribution in [-0.4, -0.2) is 54.1 Å². The fourth-order valence-corrected chi connectivity index (χ4v) is 3.30. The number of carboxylic acids is 1. The smallest absolute Gasteiger partial charge is 0.326 e. The maximum Gasteiger partial charge on any atom is 0.326 e. The number of hydrogen-bond donors (Lipinski definition) is 1. The van der Waals surface area contributed by atoms with Gasteiger partial charge >= 0.3 is 5.97 Å². The molecule has 0 spiro atoms. The Kier molecular flexibility index (Phi) is 4.88. The van der Waals surface area contributed by atoms with Crippen LogP contribution in [0.25, 0.3) is 0 Å². The van der Waals surface area contributed by atoms with Crippen molar-refractivity contribution in [2.75, 3.05) is 12.8 Å². The van der Waals surface area contributed by atoms with E-state index in [1.54, 1.807) is 0 Å². The number of carbonyl (C=O) groups is 2. The van der Waals surface area contributed by atoms with Gasteiger partial charge in [-0.1, -0.05) is 0 Å². The number of nitro benzene ring substituents is 1. The van der Waals surface area contributed by atoms with Crippen LogP contribution in [-0.2, 0) is 14.6 Å². The zero-order valence-electron chi connectivity index (χ0n) is 12.8. The lowest BCUT2D eigenvalue weighted by Crippen LogP contribution is -2.48. The first-order valence-electron chi connectivity index (χ1n) is 7.14. The van der Waals surface area contributed by atoms with Gasteiger partial charge in [0.15, 0.2) is 9.84 Å². The van der Waals surface area contributed by atoms with E-state index < -0.39 is 38.4 Å². The molecule has 0 bridgehead atoms. The monoisotopic (exact) mass is 356 g/mol. The van der Waals surface area contributed by atoms with E-state index in [9.17, 15) is 33.2 Å². The van der Waals surface area contributed by atoms with Crippen molar-refractivity contribution in [3.05, 3.63) is 33.9 Å². The Bertz CT molecular complexity index is 803. The fraction of sp³-hybridized carbons (Fsp3) is 0.429. The van der Waals surface area contributed by atoms with Gasteiger partial charge in [0.2, 0.25) is 0 Å². The van der Waals surface area contributed by atoms with Gasteiger partial charge in [-0.05, 0) is 25.3 Å². The number of carboxylic acid groups (broad SMARTS) is 1. The largest absolute Gasteiger partial charge is 0.480 e. The molecular weight excluding hydrogens is 340 g/mol. The van der Waals surface area contributed by atoms with Crippen LogP contribution < -0.4 is 0 Å². The number of hydrogen-bond acceptors (Lipinski definition) is 6. The Morgan fingerprint density at radius 1 is 1.29 bits per heavy atom. The molecular formula is C14H16N2O7S. The number of piperidine rings is 1. The Labute approximate surface area is 138 Å². The van der Waals surface area contributed by atoms with Crippen LogP contribution in [0.15, 0.2) is 23.1 Å². The van der Waals surface area contributed by atoms with Crippen LogP contribution in [0.1, 0.15) is 29.6 Å². The van der Waals surface area contributed by atoms with Gasteiger partial charge in [0.25, 0.3) is 11.6 Å². The highest BCUT2D eigenvalue weighted by Crippen LogP contribution is 2.25. The summed E-state index contributed by atoms with van der Waals surface area (Å²) in [5, 5.41) is 20.2. The Balaban J connectivity index is 2.50. The Morgan fingerprint density at radius 3 is 2.50 bits per heavy atom. The second-order valence-corrected chi connectivity index (χ2v) is 7.61. The van der Waals surface area contributed by atoms with Crippen molar-refractivity contribution in [1.82, 2.24) is 4.90 Å². The summed E-state index contributed by atoms with van der Waals surface area (Å²) >= 11 is 0. The summed E-state index contributed by atoms with van der Waals surface area (Å²) in [6, 6.07) is 1.85. The molecule has 2 rings (SSSR count). The molecule has 1 aliphatic rings. The molecule has 0 aliphatic carbocycles. The molecule has 130 valence electrons. The van der Waals surface area contributed by atoms with E-state index in [1.165, 1.54) is 0 Å². The van der Waals surface area contributed by atoms with Gasteiger partial charge in [-0.15, -0.1) is 0 Å². The summed E-state index contributed by atoms with van der Waals surface area (Å²) in [7, 11) is -3.77. The Hall–Kier alpha value is -2.49. The second kappa shape index (κ2) is 6.56. The minimum atomic E-state index is -3.77. The van der Waals surface area contributed by atoms with E-state index in [1.807, 2.05) is 0 Å². The van der Waals surface area contributed by atoms with E-state index in [0.717, 1.165) is 29.4 Å². The summed E-state index contributed by atoms with van der Waals surface area (Å²) in [5.41, 5.74) is -0.747. The zero-order chi connectivity index (χ0) is 18.1. The van der Waals surface area contributed by atoms with Crippen LogP contribution in [0.4, 0.5) is 5.69 Å². The van der Waals surface area contributed by atoms with Gasteiger partial charge in [-0.2, -0.15) is 0 Å². The molecule has 0 unspecified atom stereocenters. The van der Waals surface area contributed by atoms with Gasteiger partial charge in [0.1, 0.15) is 6.04 Å². The Morgan fingerprint density at radius 2 is 1.96 bits per heavy atom. The number of sulfone groups is 1. The van der Waals surface area contributed by atoms with Gasteiger partial charge in [0.05, 0.1) is 9.82 Å². The molecule has 9 nitrogen and oxygen atoms in total. The average Bonchev–Trinajstić information content (AvgIpc) is 2.52. The summed E-state index contributed by atoms with van der Waals surface area (Å²) in [6.45, 7) is 0.201. The second-order valence-electron chi connectivity index (χ2n) is 5.59. The van der Waals surface area contributed by atoms with Crippen molar-refractivity contribution < 1.29 is 28.0 Å². The van der Waals surface area contributed by atoms with Gasteiger partial charge < -0.3 is 10.0 Å². The lowest BCUT2D eigenvalue weighted by molar-refractivity contribution is -0.385. The highest BCUT2D eigenvalue weighted by Gasteiger charge is 2.33. The first-order valence-corrected chi connectivity index (χ1v) is 9.03. The molecule has 0 radical (unpaired) electrons. The molecule has 1 aromatic carbocycles. The minimum absolute atomic E-state index is 0.201. The number of amides is 1. The topological polar surface area (TPSA) is 135 Å². The lowest BCUT2D eigenvalue weighted by Gasteiger charge is -2.33. The minimum Gasteiger partial charge on any atom is -0.480 e. The molecule has 1 amide bonds. The fourth-order valence-electron chi connectivity index (χ4n) is 2.62. The van der Waals surface area contributed by atoms with Crippen molar-refractivity contribution in [2.45, 2.75) is 30.2 Å². The summed E-state index contributed by atoms with van der Waals surface area (Å²) in [6.07, 6.45) is 2.43. The highest BCUT2D eigenvalue weighted by atomic mass is 32.2. The SMILES string of the molecule is CS(=O)(=O)c1cc(C(=O)N2CCCC[C@@H]2C(=O)O)cc([N+](=O)[O-])c1. The number of rotatable bonds is 4. The molecule has 1 atom stereocenters. The third-order valence-electron chi connectivity index (χ3n) is 3.83. The number of carbonyl (C=O) groups excluding carboxylic acids is 1. The van der Waals surface area contributed by atoms with E-state index in [0.29, 0.717) is 12.8 Å². The van der Waals surface area contributed by atoms with Crippen LogP contribution in [0, 0.1) is 10.1 Å². The maximum absolute atomic E-state index is 12.6. The molecule has 1 heterocycles. The van der Waals surface area contributed by atoms with E-state index in [4.69, 9.17) is 0 Å². The van der Waals surface area contributed by atoms with Gasteiger partial charge in [-0.3, -0.25) is 14.9 Å². The predicted molar refractivity (Wildman–Crippen MR) is 82.5 cm³/mol. The van der Waals surface area contributed by atoms with Crippen molar-refractivity contribution in [3.63, 3.8) is 0 Å². The number of nitro groups is 1.